The van der Waals surface area contributed by atoms with Crippen LogP contribution in [0.1, 0.15) is 41.7 Å². The molecule has 0 aromatic carbocycles. The van der Waals surface area contributed by atoms with E-state index >= 15 is 0 Å². The highest BCUT2D eigenvalue weighted by Crippen LogP contribution is 2.27. The van der Waals surface area contributed by atoms with Gasteiger partial charge in [0.05, 0.1) is 11.8 Å². The smallest absolute Gasteiger partial charge is 0.257 e. The van der Waals surface area contributed by atoms with Crippen molar-refractivity contribution < 1.29 is 4.79 Å². The quantitative estimate of drug-likeness (QED) is 0.783. The molecular weight excluding hydrogens is 294 g/mol. The molecule has 0 bridgehead atoms. The number of nitrogens with zero attached hydrogens (tertiary/aromatic N) is 3. The Kier molecular flexibility index (Phi) is 4.43. The van der Waals surface area contributed by atoms with E-state index in [0.717, 1.165) is 42.4 Å². The minimum absolute atomic E-state index is 0.145. The van der Waals surface area contributed by atoms with Gasteiger partial charge in [0, 0.05) is 30.7 Å². The standard InChI is InChI=1S/C13H20BrN3O/c1-10-12(9-15-16(10)2)13(18)17(8-4-7-14)11-5-3-6-11/h9,11H,3-8H2,1-2H3. The highest BCUT2D eigenvalue weighted by molar-refractivity contribution is 9.09. The molecule has 0 N–H and O–H groups in total. The number of hydrogen-bond donors (Lipinski definition) is 0. The Balaban J connectivity index is 2.14. The summed E-state index contributed by atoms with van der Waals surface area (Å²) in [5, 5.41) is 5.10. The van der Waals surface area contributed by atoms with E-state index in [9.17, 15) is 4.79 Å². The fourth-order valence-electron chi connectivity index (χ4n) is 2.24. The summed E-state index contributed by atoms with van der Waals surface area (Å²) in [6, 6.07) is 0.441. The van der Waals surface area contributed by atoms with Crippen molar-refractivity contribution in [2.24, 2.45) is 7.05 Å². The van der Waals surface area contributed by atoms with Crippen molar-refractivity contribution in [2.45, 2.75) is 38.6 Å². The molecule has 2 rings (SSSR count). The molecule has 1 aromatic heterocycles. The maximum atomic E-state index is 12.6. The summed E-state index contributed by atoms with van der Waals surface area (Å²) in [6.45, 7) is 2.78. The second kappa shape index (κ2) is 5.87. The number of halogens is 1. The average Bonchev–Trinajstić information content (AvgIpc) is 2.62. The van der Waals surface area contributed by atoms with Crippen LogP contribution >= 0.6 is 15.9 Å². The zero-order valence-electron chi connectivity index (χ0n) is 11.0. The first kappa shape index (κ1) is 13.6. The number of hydrogen-bond acceptors (Lipinski definition) is 2. The zero-order chi connectivity index (χ0) is 13.1. The third-order valence-electron chi connectivity index (χ3n) is 3.77. The highest BCUT2D eigenvalue weighted by Gasteiger charge is 2.30. The van der Waals surface area contributed by atoms with Crippen molar-refractivity contribution in [1.82, 2.24) is 14.7 Å². The number of rotatable bonds is 5. The largest absolute Gasteiger partial charge is 0.336 e. The van der Waals surface area contributed by atoms with Crippen LogP contribution in [0.5, 0.6) is 0 Å². The van der Waals surface area contributed by atoms with E-state index in [4.69, 9.17) is 0 Å². The summed E-state index contributed by atoms with van der Waals surface area (Å²) in [5.74, 6) is 0.145. The number of amides is 1. The maximum Gasteiger partial charge on any atom is 0.257 e. The van der Waals surface area contributed by atoms with Crippen LogP contribution in [0.2, 0.25) is 0 Å². The van der Waals surface area contributed by atoms with Crippen LogP contribution in [0.15, 0.2) is 6.20 Å². The summed E-state index contributed by atoms with van der Waals surface area (Å²) in [5.41, 5.74) is 1.70. The second-order valence-corrected chi connectivity index (χ2v) is 5.69. The molecule has 1 amide bonds. The molecule has 0 atom stereocenters. The van der Waals surface area contributed by atoms with Crippen molar-refractivity contribution in [1.29, 1.82) is 0 Å². The van der Waals surface area contributed by atoms with Gasteiger partial charge >= 0.3 is 0 Å². The van der Waals surface area contributed by atoms with Crippen molar-refractivity contribution >= 4 is 21.8 Å². The number of carbonyl (C=O) groups excluding carboxylic acids is 1. The molecule has 4 nitrogen and oxygen atoms in total. The average molecular weight is 314 g/mol. The molecule has 0 aliphatic heterocycles. The summed E-state index contributed by atoms with van der Waals surface area (Å²) in [6.07, 6.45) is 6.23. The molecule has 1 heterocycles. The first-order chi connectivity index (χ1) is 8.65. The van der Waals surface area contributed by atoms with E-state index in [1.165, 1.54) is 6.42 Å². The van der Waals surface area contributed by atoms with Crippen molar-refractivity contribution in [3.8, 4) is 0 Å². The molecule has 1 aliphatic carbocycles. The normalized spacial score (nSPS) is 15.5. The third-order valence-corrected chi connectivity index (χ3v) is 4.34. The number of carbonyl (C=O) groups is 1. The van der Waals surface area contributed by atoms with Gasteiger partial charge in [0.15, 0.2) is 0 Å². The van der Waals surface area contributed by atoms with Gasteiger partial charge in [-0.05, 0) is 32.6 Å². The third kappa shape index (κ3) is 2.60. The molecule has 1 saturated carbocycles. The van der Waals surface area contributed by atoms with E-state index in [-0.39, 0.29) is 5.91 Å². The Labute approximate surface area is 116 Å². The Morgan fingerprint density at radius 3 is 2.78 bits per heavy atom. The van der Waals surface area contributed by atoms with Crippen LogP contribution in [-0.2, 0) is 7.05 Å². The van der Waals surface area contributed by atoms with Crippen LogP contribution in [0.25, 0.3) is 0 Å². The number of aryl methyl sites for hydroxylation is 1. The van der Waals surface area contributed by atoms with Gasteiger partial charge in [0.2, 0.25) is 0 Å². The van der Waals surface area contributed by atoms with E-state index in [2.05, 4.69) is 21.0 Å². The molecule has 1 fully saturated rings. The molecule has 0 spiro atoms. The monoisotopic (exact) mass is 313 g/mol. The predicted octanol–water partition coefficient (Wildman–Crippen LogP) is 2.51. The number of alkyl halides is 1. The lowest BCUT2D eigenvalue weighted by molar-refractivity contribution is 0.0580. The minimum atomic E-state index is 0.145. The highest BCUT2D eigenvalue weighted by atomic mass is 79.9. The first-order valence-corrected chi connectivity index (χ1v) is 7.63. The Hall–Kier alpha value is -0.840. The maximum absolute atomic E-state index is 12.6. The van der Waals surface area contributed by atoms with Gasteiger partial charge < -0.3 is 4.90 Å². The van der Waals surface area contributed by atoms with Crippen molar-refractivity contribution in [3.05, 3.63) is 17.5 Å². The fraction of sp³-hybridized carbons (Fsp3) is 0.692. The van der Waals surface area contributed by atoms with Gasteiger partial charge in [-0.3, -0.25) is 9.48 Å². The molecule has 1 aromatic rings. The molecule has 100 valence electrons. The Bertz CT molecular complexity index is 426. The van der Waals surface area contributed by atoms with E-state index in [1.807, 2.05) is 18.9 Å². The molecular formula is C13H20BrN3O. The van der Waals surface area contributed by atoms with E-state index < -0.39 is 0 Å². The van der Waals surface area contributed by atoms with Crippen LogP contribution in [0.3, 0.4) is 0 Å². The van der Waals surface area contributed by atoms with Gasteiger partial charge in [0.1, 0.15) is 0 Å². The van der Waals surface area contributed by atoms with Gasteiger partial charge in [-0.2, -0.15) is 5.10 Å². The Morgan fingerprint density at radius 2 is 2.33 bits per heavy atom. The van der Waals surface area contributed by atoms with Crippen molar-refractivity contribution in [3.63, 3.8) is 0 Å². The van der Waals surface area contributed by atoms with Gasteiger partial charge in [-0.25, -0.2) is 0 Å². The predicted molar refractivity (Wildman–Crippen MR) is 75.0 cm³/mol. The molecule has 0 radical (unpaired) electrons. The van der Waals surface area contributed by atoms with E-state index in [0.29, 0.717) is 6.04 Å². The lowest BCUT2D eigenvalue weighted by atomic mass is 9.91. The topological polar surface area (TPSA) is 38.1 Å². The van der Waals surface area contributed by atoms with E-state index in [1.54, 1.807) is 10.9 Å². The molecule has 5 heteroatoms. The summed E-state index contributed by atoms with van der Waals surface area (Å²) in [4.78, 5) is 14.6. The fourth-order valence-corrected chi connectivity index (χ4v) is 2.49. The van der Waals surface area contributed by atoms with Crippen LogP contribution in [-0.4, -0.2) is 38.5 Å². The molecule has 0 saturated heterocycles. The lowest BCUT2D eigenvalue weighted by Crippen LogP contribution is -2.45. The first-order valence-electron chi connectivity index (χ1n) is 6.50. The van der Waals surface area contributed by atoms with Crippen LogP contribution < -0.4 is 0 Å². The summed E-state index contributed by atoms with van der Waals surface area (Å²) >= 11 is 3.44. The van der Waals surface area contributed by atoms with Gasteiger partial charge in [-0.1, -0.05) is 15.9 Å². The van der Waals surface area contributed by atoms with Crippen molar-refractivity contribution in [2.75, 3.05) is 11.9 Å². The zero-order valence-corrected chi connectivity index (χ0v) is 12.6. The van der Waals surface area contributed by atoms with Crippen LogP contribution in [0.4, 0.5) is 0 Å². The number of aromatic nitrogens is 2. The molecule has 1 aliphatic rings. The van der Waals surface area contributed by atoms with Gasteiger partial charge in [-0.15, -0.1) is 0 Å². The van der Waals surface area contributed by atoms with Gasteiger partial charge in [0.25, 0.3) is 5.91 Å². The lowest BCUT2D eigenvalue weighted by Gasteiger charge is -2.37. The summed E-state index contributed by atoms with van der Waals surface area (Å²) < 4.78 is 1.76. The summed E-state index contributed by atoms with van der Waals surface area (Å²) in [7, 11) is 1.87. The second-order valence-electron chi connectivity index (χ2n) is 4.89. The molecule has 18 heavy (non-hydrogen) atoms. The van der Waals surface area contributed by atoms with Crippen LogP contribution in [0, 0.1) is 6.92 Å². The minimum Gasteiger partial charge on any atom is -0.336 e. The Morgan fingerprint density at radius 1 is 1.61 bits per heavy atom. The molecule has 0 unspecified atom stereocenters. The SMILES string of the molecule is Cc1c(C(=O)N(CCCBr)C2CCC2)cnn1C.